The minimum Gasteiger partial charge on any atom is -0.368 e. The highest BCUT2D eigenvalue weighted by Crippen LogP contribution is 2.28. The molecule has 1 aliphatic rings. The monoisotopic (exact) mass is 270 g/mol. The van der Waals surface area contributed by atoms with Crippen molar-refractivity contribution in [2.45, 2.75) is 42.0 Å². The first-order chi connectivity index (χ1) is 8.10. The van der Waals surface area contributed by atoms with Gasteiger partial charge in [0.05, 0.1) is 9.75 Å². The number of nitrogens with one attached hydrogen (secondary N) is 1. The number of rotatable bonds is 7. The van der Waals surface area contributed by atoms with Crippen molar-refractivity contribution in [1.82, 2.24) is 5.32 Å². The molecule has 1 aliphatic carbocycles. The molecule has 1 unspecified atom stereocenters. The zero-order chi connectivity index (χ0) is 12.3. The molecule has 0 aliphatic heterocycles. The van der Waals surface area contributed by atoms with Gasteiger partial charge in [-0.3, -0.25) is 4.79 Å². The van der Waals surface area contributed by atoms with Gasteiger partial charge in [0.25, 0.3) is 0 Å². The van der Waals surface area contributed by atoms with Crippen molar-refractivity contribution < 1.29 is 4.79 Å². The van der Waals surface area contributed by atoms with Crippen LogP contribution >= 0.6 is 23.1 Å². The van der Waals surface area contributed by atoms with Crippen LogP contribution in [0.4, 0.5) is 0 Å². The molecule has 3 nitrogen and oxygen atoms in total. The summed E-state index contributed by atoms with van der Waals surface area (Å²) >= 11 is 3.52. The van der Waals surface area contributed by atoms with E-state index in [2.05, 4.69) is 16.8 Å². The summed E-state index contributed by atoms with van der Waals surface area (Å²) in [7, 11) is 0. The number of hydrogen-bond donors (Lipinski definition) is 2. The predicted molar refractivity (Wildman–Crippen MR) is 73.4 cm³/mol. The summed E-state index contributed by atoms with van der Waals surface area (Å²) in [6.07, 6.45) is 3.11. The number of hydrogen-bond acceptors (Lipinski definition) is 4. The molecule has 1 heterocycles. The summed E-state index contributed by atoms with van der Waals surface area (Å²) in [5, 5.41) is 5.43. The Hall–Kier alpha value is -0.520. The van der Waals surface area contributed by atoms with E-state index in [1.165, 1.54) is 17.1 Å². The van der Waals surface area contributed by atoms with Gasteiger partial charge in [0, 0.05) is 11.8 Å². The Morgan fingerprint density at radius 1 is 1.71 bits per heavy atom. The third-order valence-corrected chi connectivity index (χ3v) is 5.12. The van der Waals surface area contributed by atoms with E-state index in [-0.39, 0.29) is 5.91 Å². The molecule has 0 saturated heterocycles. The smallest absolute Gasteiger partial charge is 0.237 e. The van der Waals surface area contributed by atoms with E-state index in [1.807, 2.05) is 13.0 Å². The third kappa shape index (κ3) is 3.72. The van der Waals surface area contributed by atoms with Crippen LogP contribution in [0.5, 0.6) is 0 Å². The summed E-state index contributed by atoms with van der Waals surface area (Å²) in [6, 6.07) is 4.65. The summed E-state index contributed by atoms with van der Waals surface area (Å²) in [6.45, 7) is 1.92. The van der Waals surface area contributed by atoms with Gasteiger partial charge in [-0.05, 0) is 37.6 Å². The lowest BCUT2D eigenvalue weighted by Crippen LogP contribution is -2.54. The van der Waals surface area contributed by atoms with Gasteiger partial charge in [-0.15, -0.1) is 23.1 Å². The van der Waals surface area contributed by atoms with Crippen molar-refractivity contribution in [1.29, 1.82) is 0 Å². The molecule has 1 atom stereocenters. The zero-order valence-electron chi connectivity index (χ0n) is 9.94. The molecule has 1 amide bonds. The second kappa shape index (κ2) is 5.42. The highest BCUT2D eigenvalue weighted by atomic mass is 32.2. The van der Waals surface area contributed by atoms with Crippen LogP contribution in [0.15, 0.2) is 21.7 Å². The Balaban J connectivity index is 1.82. The van der Waals surface area contributed by atoms with Gasteiger partial charge in [0.1, 0.15) is 0 Å². The highest BCUT2D eigenvalue weighted by molar-refractivity contribution is 8.01. The van der Waals surface area contributed by atoms with Gasteiger partial charge in [0.15, 0.2) is 0 Å². The van der Waals surface area contributed by atoms with E-state index in [1.54, 1.807) is 23.1 Å². The number of thiophene rings is 1. The molecule has 17 heavy (non-hydrogen) atoms. The van der Waals surface area contributed by atoms with Gasteiger partial charge < -0.3 is 11.1 Å². The lowest BCUT2D eigenvalue weighted by molar-refractivity contribution is -0.124. The topological polar surface area (TPSA) is 55.1 Å². The molecule has 0 radical (unpaired) electrons. The molecule has 3 N–H and O–H groups in total. The highest BCUT2D eigenvalue weighted by Gasteiger charge is 2.36. The van der Waals surface area contributed by atoms with E-state index in [9.17, 15) is 4.79 Å². The van der Waals surface area contributed by atoms with Crippen LogP contribution in [0.25, 0.3) is 0 Å². The Labute approximate surface area is 110 Å². The predicted octanol–water partition coefficient (Wildman–Crippen LogP) is 2.23. The molecule has 5 heteroatoms. The van der Waals surface area contributed by atoms with Crippen molar-refractivity contribution in [3.8, 4) is 0 Å². The first-order valence-corrected chi connectivity index (χ1v) is 7.70. The molecule has 2 rings (SSSR count). The molecule has 0 spiro atoms. The third-order valence-electron chi connectivity index (χ3n) is 2.99. The fourth-order valence-electron chi connectivity index (χ4n) is 1.65. The molecule has 1 aromatic heterocycles. The van der Waals surface area contributed by atoms with Crippen molar-refractivity contribution in [2.24, 2.45) is 5.73 Å². The van der Waals surface area contributed by atoms with E-state index in [0.717, 1.165) is 12.2 Å². The standard InChI is InChI=1S/C12H18N2OS2/c1-12(11(13)15,14-9-4-5-9)6-8-17-10-3-2-7-16-10/h2-3,7,9,14H,4-6,8H2,1H3,(H2,13,15). The summed E-state index contributed by atoms with van der Waals surface area (Å²) < 4.78 is 1.29. The number of amides is 1. The first kappa shape index (κ1) is 12.9. The minimum atomic E-state index is -0.550. The van der Waals surface area contributed by atoms with Gasteiger partial charge in [-0.25, -0.2) is 0 Å². The number of primary amides is 1. The van der Waals surface area contributed by atoms with Crippen LogP contribution in [0.2, 0.25) is 0 Å². The van der Waals surface area contributed by atoms with Crippen LogP contribution in [0.1, 0.15) is 26.2 Å². The largest absolute Gasteiger partial charge is 0.368 e. The van der Waals surface area contributed by atoms with E-state index in [0.29, 0.717) is 6.04 Å². The second-order valence-corrected chi connectivity index (χ2v) is 6.99. The molecule has 1 aromatic rings. The maximum absolute atomic E-state index is 11.5. The quantitative estimate of drug-likeness (QED) is 0.747. The Morgan fingerprint density at radius 3 is 3.00 bits per heavy atom. The molecule has 1 saturated carbocycles. The van der Waals surface area contributed by atoms with Crippen LogP contribution in [0.3, 0.4) is 0 Å². The number of carbonyl (C=O) groups is 1. The zero-order valence-corrected chi connectivity index (χ0v) is 11.6. The molecule has 1 fully saturated rings. The Morgan fingerprint density at radius 2 is 2.47 bits per heavy atom. The molecular formula is C12H18N2OS2. The van der Waals surface area contributed by atoms with E-state index < -0.39 is 5.54 Å². The van der Waals surface area contributed by atoms with Crippen LogP contribution in [-0.4, -0.2) is 23.2 Å². The average molecular weight is 270 g/mol. The minimum absolute atomic E-state index is 0.240. The van der Waals surface area contributed by atoms with E-state index >= 15 is 0 Å². The molecular weight excluding hydrogens is 252 g/mol. The second-order valence-electron chi connectivity index (χ2n) is 4.65. The van der Waals surface area contributed by atoms with E-state index in [4.69, 9.17) is 5.73 Å². The molecule has 0 aromatic carbocycles. The number of nitrogens with two attached hydrogens (primary N) is 1. The van der Waals surface area contributed by atoms with Gasteiger partial charge in [-0.2, -0.15) is 0 Å². The number of thioether (sulfide) groups is 1. The van der Waals surface area contributed by atoms with Crippen molar-refractivity contribution in [3.63, 3.8) is 0 Å². The number of carbonyl (C=O) groups excluding carboxylic acids is 1. The Kier molecular flexibility index (Phi) is 4.12. The van der Waals surface area contributed by atoms with Crippen LogP contribution in [-0.2, 0) is 4.79 Å². The fourth-order valence-corrected chi connectivity index (χ4v) is 3.67. The fraction of sp³-hybridized carbons (Fsp3) is 0.583. The lowest BCUT2D eigenvalue weighted by Gasteiger charge is -2.27. The SMILES string of the molecule is CC(CCSc1cccs1)(NC1CC1)C(N)=O. The van der Waals surface area contributed by atoms with Crippen molar-refractivity contribution >= 4 is 29.0 Å². The van der Waals surface area contributed by atoms with Crippen molar-refractivity contribution in [3.05, 3.63) is 17.5 Å². The maximum Gasteiger partial charge on any atom is 0.237 e. The summed E-state index contributed by atoms with van der Waals surface area (Å²) in [4.78, 5) is 11.5. The summed E-state index contributed by atoms with van der Waals surface area (Å²) in [5.41, 5.74) is 4.95. The molecule has 94 valence electrons. The first-order valence-electron chi connectivity index (χ1n) is 5.84. The van der Waals surface area contributed by atoms with Gasteiger partial charge in [-0.1, -0.05) is 6.07 Å². The van der Waals surface area contributed by atoms with Crippen LogP contribution < -0.4 is 11.1 Å². The van der Waals surface area contributed by atoms with Crippen LogP contribution in [0, 0.1) is 0 Å². The lowest BCUT2D eigenvalue weighted by atomic mass is 9.98. The molecule has 0 bridgehead atoms. The maximum atomic E-state index is 11.5. The average Bonchev–Trinajstić information content (AvgIpc) is 2.93. The Bertz CT molecular complexity index is 376. The van der Waals surface area contributed by atoms with Gasteiger partial charge >= 0.3 is 0 Å². The normalized spacial score (nSPS) is 18.9. The van der Waals surface area contributed by atoms with Gasteiger partial charge in [0.2, 0.25) is 5.91 Å². The summed E-state index contributed by atoms with van der Waals surface area (Å²) in [5.74, 6) is 0.677. The van der Waals surface area contributed by atoms with Crippen molar-refractivity contribution in [2.75, 3.05) is 5.75 Å².